The van der Waals surface area contributed by atoms with E-state index in [1.165, 1.54) is 32.1 Å². The quantitative estimate of drug-likeness (QED) is 0.301. The van der Waals surface area contributed by atoms with Crippen molar-refractivity contribution in [3.05, 3.63) is 0 Å². The molecule has 64 valence electrons. The van der Waals surface area contributed by atoms with E-state index in [4.69, 9.17) is 11.5 Å². The van der Waals surface area contributed by atoms with Gasteiger partial charge in [0.15, 0.2) is 0 Å². The maximum absolute atomic E-state index is 5.17. The summed E-state index contributed by atoms with van der Waals surface area (Å²) in [4.78, 5) is 0. The van der Waals surface area contributed by atoms with Gasteiger partial charge in [-0.1, -0.05) is 19.3 Å². The zero-order chi connectivity index (χ0) is 8.10. The van der Waals surface area contributed by atoms with Gasteiger partial charge in [-0.05, 0) is 12.8 Å². The number of hydrogen-bond acceptors (Lipinski definition) is 2. The number of nitrogens with two attached hydrogens (primary N) is 2. The Hall–Kier alpha value is -0.930. The first-order chi connectivity index (χ1) is 5.29. The van der Waals surface area contributed by atoms with E-state index in [9.17, 15) is 0 Å². The SMILES string of the molecule is NC(N)=NNC1CCCCC1. The summed E-state index contributed by atoms with van der Waals surface area (Å²) < 4.78 is 0. The predicted octanol–water partition coefficient (Wildman–Crippen LogP) is 0.0971. The molecule has 0 heterocycles. The molecule has 4 heteroatoms. The average molecular weight is 156 g/mol. The van der Waals surface area contributed by atoms with E-state index < -0.39 is 0 Å². The zero-order valence-corrected chi connectivity index (χ0v) is 6.71. The lowest BCUT2D eigenvalue weighted by Gasteiger charge is -2.20. The fourth-order valence-corrected chi connectivity index (χ4v) is 1.40. The molecule has 0 aromatic rings. The first-order valence-electron chi connectivity index (χ1n) is 4.13. The van der Waals surface area contributed by atoms with Crippen molar-refractivity contribution in [1.82, 2.24) is 5.43 Å². The van der Waals surface area contributed by atoms with Gasteiger partial charge in [0, 0.05) is 6.04 Å². The lowest BCUT2D eigenvalue weighted by Crippen LogP contribution is -2.32. The summed E-state index contributed by atoms with van der Waals surface area (Å²) >= 11 is 0. The lowest BCUT2D eigenvalue weighted by molar-refractivity contribution is 0.380. The Kier molecular flexibility index (Phi) is 3.01. The first-order valence-corrected chi connectivity index (χ1v) is 4.13. The smallest absolute Gasteiger partial charge is 0.208 e. The van der Waals surface area contributed by atoms with Crippen LogP contribution in [-0.2, 0) is 0 Å². The minimum atomic E-state index is 0.121. The van der Waals surface area contributed by atoms with Gasteiger partial charge in [0.25, 0.3) is 0 Å². The highest BCUT2D eigenvalue weighted by atomic mass is 15.3. The van der Waals surface area contributed by atoms with Gasteiger partial charge < -0.3 is 16.9 Å². The van der Waals surface area contributed by atoms with E-state index in [1.807, 2.05) is 0 Å². The molecule has 0 aromatic heterocycles. The highest BCUT2D eigenvalue weighted by Crippen LogP contribution is 2.16. The van der Waals surface area contributed by atoms with Crippen LogP contribution in [0.3, 0.4) is 0 Å². The molecule has 0 aromatic carbocycles. The fraction of sp³-hybridized carbons (Fsp3) is 0.857. The second-order valence-corrected chi connectivity index (χ2v) is 3.00. The molecular formula is C7H16N4. The molecule has 0 atom stereocenters. The Morgan fingerprint density at radius 1 is 1.18 bits per heavy atom. The molecule has 1 aliphatic rings. The molecule has 1 rings (SSSR count). The van der Waals surface area contributed by atoms with Crippen LogP contribution in [0.15, 0.2) is 5.10 Å². The summed E-state index contributed by atoms with van der Waals surface area (Å²) in [5.74, 6) is 0.121. The van der Waals surface area contributed by atoms with Crippen LogP contribution in [0.4, 0.5) is 0 Å². The largest absolute Gasteiger partial charge is 0.369 e. The van der Waals surface area contributed by atoms with Crippen LogP contribution in [0.1, 0.15) is 32.1 Å². The van der Waals surface area contributed by atoms with Crippen LogP contribution in [0.5, 0.6) is 0 Å². The van der Waals surface area contributed by atoms with Gasteiger partial charge in [-0.2, -0.15) is 0 Å². The minimum absolute atomic E-state index is 0.121. The molecule has 5 N–H and O–H groups in total. The molecule has 1 aliphatic carbocycles. The molecule has 0 radical (unpaired) electrons. The fourth-order valence-electron chi connectivity index (χ4n) is 1.40. The van der Waals surface area contributed by atoms with Crippen molar-refractivity contribution in [3.63, 3.8) is 0 Å². The van der Waals surface area contributed by atoms with Crippen molar-refractivity contribution in [2.75, 3.05) is 0 Å². The molecule has 0 aliphatic heterocycles. The monoisotopic (exact) mass is 156 g/mol. The zero-order valence-electron chi connectivity index (χ0n) is 6.71. The Morgan fingerprint density at radius 2 is 1.82 bits per heavy atom. The van der Waals surface area contributed by atoms with Crippen molar-refractivity contribution in [2.24, 2.45) is 16.6 Å². The maximum atomic E-state index is 5.17. The molecule has 11 heavy (non-hydrogen) atoms. The van der Waals surface area contributed by atoms with E-state index >= 15 is 0 Å². The van der Waals surface area contributed by atoms with Crippen molar-refractivity contribution in [1.29, 1.82) is 0 Å². The number of hydrazone groups is 1. The Bertz CT molecular complexity index is 133. The highest BCUT2D eigenvalue weighted by Gasteiger charge is 2.11. The molecule has 1 saturated carbocycles. The lowest BCUT2D eigenvalue weighted by atomic mass is 9.96. The predicted molar refractivity (Wildman–Crippen MR) is 45.8 cm³/mol. The Labute approximate surface area is 67.0 Å². The molecule has 1 fully saturated rings. The van der Waals surface area contributed by atoms with E-state index in [0.29, 0.717) is 6.04 Å². The van der Waals surface area contributed by atoms with Gasteiger partial charge in [0.2, 0.25) is 5.96 Å². The summed E-state index contributed by atoms with van der Waals surface area (Å²) in [7, 11) is 0. The topological polar surface area (TPSA) is 76.4 Å². The van der Waals surface area contributed by atoms with Crippen LogP contribution in [0.2, 0.25) is 0 Å². The average Bonchev–Trinajstić information content (AvgIpc) is 2.03. The molecule has 0 saturated heterocycles. The van der Waals surface area contributed by atoms with Crippen LogP contribution in [-0.4, -0.2) is 12.0 Å². The van der Waals surface area contributed by atoms with Gasteiger partial charge in [-0.3, -0.25) is 0 Å². The highest BCUT2D eigenvalue weighted by molar-refractivity contribution is 5.75. The first kappa shape index (κ1) is 8.17. The second-order valence-electron chi connectivity index (χ2n) is 3.00. The third-order valence-electron chi connectivity index (χ3n) is 1.98. The van der Waals surface area contributed by atoms with Crippen LogP contribution in [0, 0.1) is 0 Å². The minimum Gasteiger partial charge on any atom is -0.369 e. The summed E-state index contributed by atoms with van der Waals surface area (Å²) in [5.41, 5.74) is 13.3. The van der Waals surface area contributed by atoms with Gasteiger partial charge in [-0.25, -0.2) is 0 Å². The van der Waals surface area contributed by atoms with E-state index in [-0.39, 0.29) is 5.96 Å². The summed E-state index contributed by atoms with van der Waals surface area (Å²) in [6, 6.07) is 0.492. The summed E-state index contributed by atoms with van der Waals surface area (Å²) in [5, 5.41) is 3.77. The Balaban J connectivity index is 2.19. The molecule has 0 unspecified atom stereocenters. The molecule has 0 spiro atoms. The standard InChI is InChI=1S/C7H16N4/c8-7(9)11-10-6-4-2-1-3-5-6/h6,10H,1-5H2,(H4,8,9,11). The van der Waals surface area contributed by atoms with E-state index in [1.54, 1.807) is 0 Å². The van der Waals surface area contributed by atoms with Crippen LogP contribution < -0.4 is 16.9 Å². The third-order valence-corrected chi connectivity index (χ3v) is 1.98. The number of guanidine groups is 1. The van der Waals surface area contributed by atoms with E-state index in [0.717, 1.165) is 0 Å². The molecular weight excluding hydrogens is 140 g/mol. The van der Waals surface area contributed by atoms with Gasteiger partial charge >= 0.3 is 0 Å². The summed E-state index contributed by atoms with van der Waals surface area (Å²) in [6.07, 6.45) is 6.31. The number of hydrogen-bond donors (Lipinski definition) is 3. The number of rotatable bonds is 2. The second kappa shape index (κ2) is 4.05. The van der Waals surface area contributed by atoms with Crippen LogP contribution >= 0.6 is 0 Å². The normalized spacial score (nSPS) is 19.3. The number of nitrogens with one attached hydrogen (secondary N) is 1. The van der Waals surface area contributed by atoms with Gasteiger partial charge in [0.1, 0.15) is 0 Å². The van der Waals surface area contributed by atoms with Crippen molar-refractivity contribution >= 4 is 5.96 Å². The van der Waals surface area contributed by atoms with Gasteiger partial charge in [-0.15, -0.1) is 5.10 Å². The third kappa shape index (κ3) is 3.11. The van der Waals surface area contributed by atoms with Crippen molar-refractivity contribution < 1.29 is 0 Å². The van der Waals surface area contributed by atoms with Crippen LogP contribution in [0.25, 0.3) is 0 Å². The van der Waals surface area contributed by atoms with E-state index in [2.05, 4.69) is 10.5 Å². The maximum Gasteiger partial charge on any atom is 0.208 e. The molecule has 0 bridgehead atoms. The van der Waals surface area contributed by atoms with Gasteiger partial charge in [0.05, 0.1) is 0 Å². The Morgan fingerprint density at radius 3 is 2.36 bits per heavy atom. The van der Waals surface area contributed by atoms with Crippen molar-refractivity contribution in [3.8, 4) is 0 Å². The summed E-state index contributed by atoms with van der Waals surface area (Å²) in [6.45, 7) is 0. The van der Waals surface area contributed by atoms with Crippen molar-refractivity contribution in [2.45, 2.75) is 38.1 Å². The molecule has 0 amide bonds. The molecule has 4 nitrogen and oxygen atoms in total. The number of nitrogens with zero attached hydrogens (tertiary/aromatic N) is 1.